The maximum absolute atomic E-state index is 11.8. The zero-order valence-corrected chi connectivity index (χ0v) is 20.5. The normalized spacial score (nSPS) is 10.7. The van der Waals surface area contributed by atoms with Gasteiger partial charge >= 0.3 is 0 Å². The molecule has 0 bridgehead atoms. The summed E-state index contributed by atoms with van der Waals surface area (Å²) in [6.45, 7) is 1.37. The Morgan fingerprint density at radius 2 is 1.91 bits per heavy atom. The van der Waals surface area contributed by atoms with Crippen LogP contribution in [-0.4, -0.2) is 61.1 Å². The highest BCUT2D eigenvalue weighted by atomic mass is 79.9. The summed E-state index contributed by atoms with van der Waals surface area (Å²) in [5.41, 5.74) is 1.68. The van der Waals surface area contributed by atoms with Gasteiger partial charge in [-0.05, 0) is 38.4 Å². The van der Waals surface area contributed by atoms with Gasteiger partial charge in [0.25, 0.3) is 5.69 Å². The van der Waals surface area contributed by atoms with Crippen molar-refractivity contribution in [2.24, 2.45) is 0 Å². The van der Waals surface area contributed by atoms with Gasteiger partial charge in [0.05, 0.1) is 17.7 Å². The van der Waals surface area contributed by atoms with Gasteiger partial charge in [0.15, 0.2) is 0 Å². The number of halogens is 1. The summed E-state index contributed by atoms with van der Waals surface area (Å²) >= 11 is 3.44. The lowest BCUT2D eigenvalue weighted by molar-refractivity contribution is -0.384. The van der Waals surface area contributed by atoms with Crippen LogP contribution >= 0.6 is 15.9 Å². The predicted molar refractivity (Wildman–Crippen MR) is 134 cm³/mol. The number of likely N-dealkylation sites (N-methyl/N-ethyl adjacent to an activating group) is 2. The van der Waals surface area contributed by atoms with Crippen LogP contribution in [-0.2, 0) is 0 Å². The average Bonchev–Trinajstić information content (AvgIpc) is 2.77. The number of hydrogen-bond donors (Lipinski definition) is 2. The highest BCUT2D eigenvalue weighted by molar-refractivity contribution is 9.10. The van der Waals surface area contributed by atoms with E-state index in [1.807, 2.05) is 55.2 Å². The summed E-state index contributed by atoms with van der Waals surface area (Å²) in [5, 5.41) is 18.1. The zero-order valence-electron chi connectivity index (χ0n) is 18.9. The highest BCUT2D eigenvalue weighted by Crippen LogP contribution is 2.38. The molecule has 1 heterocycles. The van der Waals surface area contributed by atoms with E-state index >= 15 is 0 Å². The van der Waals surface area contributed by atoms with Gasteiger partial charge in [-0.2, -0.15) is 4.98 Å². The Labute approximate surface area is 200 Å². The fourth-order valence-corrected chi connectivity index (χ4v) is 3.47. The summed E-state index contributed by atoms with van der Waals surface area (Å²) < 4.78 is 6.45. The molecule has 0 saturated carbocycles. The number of hydrogen-bond acceptors (Lipinski definition) is 9. The molecule has 0 amide bonds. The largest absolute Gasteiger partial charge is 0.494 e. The van der Waals surface area contributed by atoms with Crippen molar-refractivity contribution in [2.75, 3.05) is 56.9 Å². The Bertz CT molecular complexity index is 1130. The van der Waals surface area contributed by atoms with Gasteiger partial charge in [-0.25, -0.2) is 4.98 Å². The van der Waals surface area contributed by atoms with Gasteiger partial charge in [-0.3, -0.25) is 10.1 Å². The van der Waals surface area contributed by atoms with Crippen molar-refractivity contribution >= 4 is 50.4 Å². The first kappa shape index (κ1) is 24.2. The quantitative estimate of drug-likeness (QED) is 0.294. The van der Waals surface area contributed by atoms with Crippen molar-refractivity contribution in [3.05, 3.63) is 63.2 Å². The van der Waals surface area contributed by atoms with E-state index in [2.05, 4.69) is 36.5 Å². The second kappa shape index (κ2) is 10.9. The molecule has 10 nitrogen and oxygen atoms in total. The van der Waals surface area contributed by atoms with Crippen molar-refractivity contribution < 1.29 is 9.66 Å². The van der Waals surface area contributed by atoms with E-state index < -0.39 is 4.92 Å². The Balaban J connectivity index is 1.88. The Kier molecular flexibility index (Phi) is 8.01. The molecular weight excluding hydrogens is 490 g/mol. The first-order valence-corrected chi connectivity index (χ1v) is 10.9. The minimum atomic E-state index is -0.405. The van der Waals surface area contributed by atoms with Crippen LogP contribution < -0.4 is 20.3 Å². The van der Waals surface area contributed by atoms with Crippen molar-refractivity contribution in [1.29, 1.82) is 0 Å². The third-order valence-corrected chi connectivity index (χ3v) is 5.28. The summed E-state index contributed by atoms with van der Waals surface area (Å²) in [5.74, 6) is 1.29. The van der Waals surface area contributed by atoms with Crippen LogP contribution in [0.15, 0.2) is 53.1 Å². The van der Waals surface area contributed by atoms with Gasteiger partial charge in [0.2, 0.25) is 5.95 Å². The second-order valence-electron chi connectivity index (χ2n) is 7.55. The Morgan fingerprint density at radius 3 is 2.58 bits per heavy atom. The highest BCUT2D eigenvalue weighted by Gasteiger charge is 2.22. The lowest BCUT2D eigenvalue weighted by atomic mass is 10.2. The van der Waals surface area contributed by atoms with Gasteiger partial charge < -0.3 is 25.2 Å². The molecule has 0 fully saturated rings. The van der Waals surface area contributed by atoms with Crippen molar-refractivity contribution in [2.45, 2.75) is 0 Å². The van der Waals surface area contributed by atoms with E-state index in [1.165, 1.54) is 13.2 Å². The first-order chi connectivity index (χ1) is 15.8. The monoisotopic (exact) mass is 515 g/mol. The maximum atomic E-state index is 11.8. The lowest BCUT2D eigenvalue weighted by Crippen LogP contribution is -2.28. The van der Waals surface area contributed by atoms with Crippen molar-refractivity contribution in [3.8, 4) is 5.75 Å². The Hall–Kier alpha value is -3.44. The number of nitro benzene ring substituents is 1. The molecule has 0 unspecified atom stereocenters. The molecule has 0 radical (unpaired) electrons. The number of nitrogens with one attached hydrogen (secondary N) is 2. The van der Waals surface area contributed by atoms with Crippen LogP contribution in [0.3, 0.4) is 0 Å². The molecule has 1 aromatic heterocycles. The number of anilines is 5. The summed E-state index contributed by atoms with van der Waals surface area (Å²) in [7, 11) is 7.24. The molecule has 0 aliphatic heterocycles. The predicted octanol–water partition coefficient (Wildman–Crippen LogP) is 4.64. The number of rotatable bonds is 10. The van der Waals surface area contributed by atoms with Crippen LogP contribution in [0.4, 0.5) is 34.5 Å². The van der Waals surface area contributed by atoms with Crippen LogP contribution in [0.2, 0.25) is 0 Å². The minimum Gasteiger partial charge on any atom is -0.494 e. The van der Waals surface area contributed by atoms with Crippen LogP contribution in [0.5, 0.6) is 5.75 Å². The third-order valence-electron chi connectivity index (χ3n) is 4.79. The zero-order chi connectivity index (χ0) is 24.0. The van der Waals surface area contributed by atoms with Crippen molar-refractivity contribution in [3.63, 3.8) is 0 Å². The topological polar surface area (TPSA) is 109 Å². The van der Waals surface area contributed by atoms with Crippen molar-refractivity contribution in [1.82, 2.24) is 14.9 Å². The van der Waals surface area contributed by atoms with E-state index in [0.717, 1.165) is 16.7 Å². The summed E-state index contributed by atoms with van der Waals surface area (Å²) in [4.78, 5) is 24.0. The summed E-state index contributed by atoms with van der Waals surface area (Å²) in [6.07, 6.45) is 1.60. The smallest absolute Gasteiger partial charge is 0.294 e. The molecular formula is C22H26BrN7O3. The van der Waals surface area contributed by atoms with E-state index in [9.17, 15) is 10.1 Å². The fraction of sp³-hybridized carbons (Fsp3) is 0.273. The van der Waals surface area contributed by atoms with Gasteiger partial charge in [0.1, 0.15) is 17.3 Å². The molecule has 0 saturated heterocycles. The van der Waals surface area contributed by atoms with E-state index in [4.69, 9.17) is 4.74 Å². The van der Waals surface area contributed by atoms with Crippen LogP contribution in [0.25, 0.3) is 0 Å². The molecule has 0 aliphatic rings. The van der Waals surface area contributed by atoms with Gasteiger partial charge in [0, 0.05) is 48.6 Å². The number of ether oxygens (including phenoxy) is 1. The third kappa shape index (κ3) is 6.53. The molecule has 0 aliphatic carbocycles. The van der Waals surface area contributed by atoms with Gasteiger partial charge in [-0.15, -0.1) is 0 Å². The molecule has 0 spiro atoms. The standard InChI is InChI=1S/C22H26BrN7O3/c1-28(2)10-11-29(3)18-14-20(33-4)17(13-19(18)30(31)32)26-22-24-9-8-21(27-22)25-16-7-5-6-15(23)12-16/h5-9,12-14H,10-11H2,1-4H3,(H2,24,25,26,27). The maximum Gasteiger partial charge on any atom is 0.294 e. The number of methoxy groups -OCH3 is 1. The molecule has 3 rings (SSSR count). The van der Waals surface area contributed by atoms with Gasteiger partial charge in [-0.1, -0.05) is 22.0 Å². The molecule has 11 heteroatoms. The summed E-state index contributed by atoms with van der Waals surface area (Å²) in [6, 6.07) is 12.5. The molecule has 3 aromatic rings. The average molecular weight is 516 g/mol. The molecule has 174 valence electrons. The minimum absolute atomic E-state index is 0.0389. The SMILES string of the molecule is COc1cc(N(C)CCN(C)C)c([N+](=O)[O-])cc1Nc1nccc(Nc2cccc(Br)c2)n1. The first-order valence-electron chi connectivity index (χ1n) is 10.1. The lowest BCUT2D eigenvalue weighted by Gasteiger charge is -2.22. The van der Waals surface area contributed by atoms with E-state index in [1.54, 1.807) is 18.3 Å². The molecule has 2 aromatic carbocycles. The second-order valence-corrected chi connectivity index (χ2v) is 8.46. The molecule has 2 N–H and O–H groups in total. The van der Waals surface area contributed by atoms with Crippen LogP contribution in [0.1, 0.15) is 0 Å². The molecule has 33 heavy (non-hydrogen) atoms. The fourth-order valence-electron chi connectivity index (χ4n) is 3.07. The van der Waals surface area contributed by atoms with Crippen LogP contribution in [0, 0.1) is 10.1 Å². The number of aromatic nitrogens is 2. The number of benzene rings is 2. The Morgan fingerprint density at radius 1 is 1.12 bits per heavy atom. The number of nitrogens with zero attached hydrogens (tertiary/aromatic N) is 5. The molecule has 0 atom stereocenters. The number of nitro groups is 1. The van der Waals surface area contributed by atoms with E-state index in [0.29, 0.717) is 29.5 Å². The van der Waals surface area contributed by atoms with E-state index in [-0.39, 0.29) is 11.6 Å².